The summed E-state index contributed by atoms with van der Waals surface area (Å²) in [5.74, 6) is -0.274. The van der Waals surface area contributed by atoms with Crippen LogP contribution in [0.5, 0.6) is 0 Å². The average Bonchev–Trinajstić information content (AvgIpc) is 2.68. The van der Waals surface area contributed by atoms with Gasteiger partial charge in [-0.3, -0.25) is 9.69 Å². The second-order valence-corrected chi connectivity index (χ2v) is 3.82. The summed E-state index contributed by atoms with van der Waals surface area (Å²) in [6.07, 6.45) is 1.62. The molecule has 1 amide bonds. The van der Waals surface area contributed by atoms with Gasteiger partial charge in [-0.15, -0.1) is 0 Å². The molecule has 0 radical (unpaired) electrons. The molecule has 2 rings (SSSR count). The molecule has 1 fully saturated rings. The number of hydrogen-bond donors (Lipinski definition) is 0. The molecule has 17 heavy (non-hydrogen) atoms. The average molecular weight is 235 g/mol. The highest BCUT2D eigenvalue weighted by molar-refractivity contribution is 5.94. The van der Waals surface area contributed by atoms with Gasteiger partial charge in [0, 0.05) is 36.7 Å². The van der Waals surface area contributed by atoms with Crippen LogP contribution < -0.4 is 4.90 Å². The fraction of sp³-hybridized carbons (Fsp3) is 0.400. The van der Waals surface area contributed by atoms with Crippen molar-refractivity contribution in [1.29, 1.82) is 0 Å². The van der Waals surface area contributed by atoms with E-state index in [9.17, 15) is 9.18 Å². The summed E-state index contributed by atoms with van der Waals surface area (Å²) >= 11 is 0. The summed E-state index contributed by atoms with van der Waals surface area (Å²) in [7, 11) is 0. The number of amides is 1. The third kappa shape index (κ3) is 2.51. The molecule has 1 unspecified atom stereocenters. The van der Waals surface area contributed by atoms with Crippen molar-refractivity contribution in [2.45, 2.75) is 6.42 Å². The second kappa shape index (κ2) is 4.80. The minimum atomic E-state index is -0.429. The van der Waals surface area contributed by atoms with Crippen LogP contribution >= 0.6 is 0 Å². The highest BCUT2D eigenvalue weighted by atomic mass is 19.1. The number of halogens is 1. The molecule has 7 heteroatoms. The van der Waals surface area contributed by atoms with Crippen molar-refractivity contribution in [3.05, 3.63) is 34.6 Å². The second-order valence-electron chi connectivity index (χ2n) is 3.82. The molecule has 1 saturated heterocycles. The van der Waals surface area contributed by atoms with Crippen molar-refractivity contribution in [3.8, 4) is 0 Å². The topological polar surface area (TPSA) is 82.0 Å². The first-order valence-electron chi connectivity index (χ1n) is 5.13. The number of anilines is 1. The van der Waals surface area contributed by atoms with Crippen LogP contribution in [-0.2, 0) is 4.79 Å². The molecule has 88 valence electrons. The van der Waals surface area contributed by atoms with E-state index in [1.807, 2.05) is 0 Å². The predicted octanol–water partition coefficient (Wildman–Crippen LogP) is 1.88. The van der Waals surface area contributed by atoms with Gasteiger partial charge < -0.3 is 0 Å². The number of nitrogens with zero attached hydrogens (tertiary/aromatic N) is 5. The largest absolute Gasteiger partial charge is 0.296 e. The standard InChI is InChI=1S/C10H10FN5O/c11-8-1-2-13-9(4-8)16-6-7(3-10(16)17)5-14-15-12/h1-2,4,7H,3,5-6H2. The smallest absolute Gasteiger partial charge is 0.228 e. The summed E-state index contributed by atoms with van der Waals surface area (Å²) in [5.41, 5.74) is 8.21. The Kier molecular flexibility index (Phi) is 3.20. The SMILES string of the molecule is [N-]=[N+]=NCC1CC(=O)N(c2cc(F)ccn2)C1. The van der Waals surface area contributed by atoms with E-state index in [1.54, 1.807) is 0 Å². The van der Waals surface area contributed by atoms with E-state index in [-0.39, 0.29) is 18.4 Å². The zero-order valence-corrected chi connectivity index (χ0v) is 8.95. The lowest BCUT2D eigenvalue weighted by Gasteiger charge is -2.14. The maximum Gasteiger partial charge on any atom is 0.228 e. The van der Waals surface area contributed by atoms with Gasteiger partial charge in [0.1, 0.15) is 11.6 Å². The van der Waals surface area contributed by atoms with Crippen LogP contribution in [0.1, 0.15) is 6.42 Å². The van der Waals surface area contributed by atoms with Crippen molar-refractivity contribution in [2.24, 2.45) is 11.0 Å². The molecular formula is C10H10FN5O. The molecule has 6 nitrogen and oxygen atoms in total. The first-order valence-corrected chi connectivity index (χ1v) is 5.13. The zero-order chi connectivity index (χ0) is 12.3. The highest BCUT2D eigenvalue weighted by Gasteiger charge is 2.30. The Labute approximate surface area is 96.7 Å². The summed E-state index contributed by atoms with van der Waals surface area (Å²) in [5, 5.41) is 3.44. The van der Waals surface area contributed by atoms with Crippen molar-refractivity contribution < 1.29 is 9.18 Å². The van der Waals surface area contributed by atoms with Crippen LogP contribution in [0.15, 0.2) is 23.4 Å². The minimum Gasteiger partial charge on any atom is -0.296 e. The summed E-state index contributed by atoms with van der Waals surface area (Å²) in [4.78, 5) is 19.7. The molecular weight excluding hydrogens is 225 g/mol. The molecule has 1 aromatic rings. The summed E-state index contributed by atoms with van der Waals surface area (Å²) in [6.45, 7) is 0.683. The third-order valence-corrected chi connectivity index (χ3v) is 2.59. The van der Waals surface area contributed by atoms with Gasteiger partial charge in [-0.25, -0.2) is 9.37 Å². The van der Waals surface area contributed by atoms with Crippen LogP contribution in [0.25, 0.3) is 10.4 Å². The van der Waals surface area contributed by atoms with Gasteiger partial charge in [0.15, 0.2) is 0 Å². The molecule has 1 atom stereocenters. The van der Waals surface area contributed by atoms with Gasteiger partial charge in [0.2, 0.25) is 5.91 Å². The van der Waals surface area contributed by atoms with Gasteiger partial charge in [0.05, 0.1) is 0 Å². The molecule has 0 bridgehead atoms. The Morgan fingerprint density at radius 2 is 2.53 bits per heavy atom. The number of hydrogen-bond acceptors (Lipinski definition) is 3. The van der Waals surface area contributed by atoms with Gasteiger partial charge in [-0.1, -0.05) is 5.11 Å². The summed E-state index contributed by atoms with van der Waals surface area (Å²) in [6, 6.07) is 2.44. The molecule has 0 aliphatic carbocycles. The monoisotopic (exact) mass is 235 g/mol. The van der Waals surface area contributed by atoms with Crippen molar-refractivity contribution >= 4 is 11.7 Å². The number of azide groups is 1. The Hall–Kier alpha value is -2.14. The van der Waals surface area contributed by atoms with Crippen LogP contribution in [0.2, 0.25) is 0 Å². The molecule has 0 aromatic carbocycles. The Morgan fingerprint density at radius 3 is 3.24 bits per heavy atom. The number of aromatic nitrogens is 1. The zero-order valence-electron chi connectivity index (χ0n) is 8.95. The lowest BCUT2D eigenvalue weighted by atomic mass is 10.1. The van der Waals surface area contributed by atoms with E-state index in [0.717, 1.165) is 0 Å². The van der Waals surface area contributed by atoms with Gasteiger partial charge >= 0.3 is 0 Å². The van der Waals surface area contributed by atoms with Gasteiger partial charge in [0.25, 0.3) is 0 Å². The maximum absolute atomic E-state index is 13.0. The van der Waals surface area contributed by atoms with Crippen LogP contribution in [0.3, 0.4) is 0 Å². The molecule has 0 saturated carbocycles. The lowest BCUT2D eigenvalue weighted by Crippen LogP contribution is -2.25. The van der Waals surface area contributed by atoms with Crippen molar-refractivity contribution in [3.63, 3.8) is 0 Å². The Bertz CT molecular complexity index is 485. The number of rotatable bonds is 3. The number of carbonyl (C=O) groups is 1. The maximum atomic E-state index is 13.0. The van der Waals surface area contributed by atoms with Crippen molar-refractivity contribution in [2.75, 3.05) is 18.0 Å². The molecule has 1 aromatic heterocycles. The third-order valence-electron chi connectivity index (χ3n) is 2.59. The normalized spacial score (nSPS) is 19.2. The fourth-order valence-electron chi connectivity index (χ4n) is 1.82. The Morgan fingerprint density at radius 1 is 1.71 bits per heavy atom. The van der Waals surface area contributed by atoms with E-state index in [0.29, 0.717) is 18.8 Å². The van der Waals surface area contributed by atoms with Gasteiger partial charge in [-0.2, -0.15) is 0 Å². The molecule has 0 spiro atoms. The molecule has 1 aliphatic rings. The number of carbonyl (C=O) groups excluding carboxylic acids is 1. The molecule has 2 heterocycles. The van der Waals surface area contributed by atoms with E-state index >= 15 is 0 Å². The Balaban J connectivity index is 2.12. The van der Waals surface area contributed by atoms with Crippen LogP contribution in [0.4, 0.5) is 10.2 Å². The minimum absolute atomic E-state index is 0.0246. The fourth-order valence-corrected chi connectivity index (χ4v) is 1.82. The van der Waals surface area contributed by atoms with E-state index in [2.05, 4.69) is 15.0 Å². The highest BCUT2D eigenvalue weighted by Crippen LogP contribution is 2.23. The number of pyridine rings is 1. The first-order chi connectivity index (χ1) is 8.20. The van der Waals surface area contributed by atoms with Gasteiger partial charge in [-0.05, 0) is 17.5 Å². The van der Waals surface area contributed by atoms with Crippen molar-refractivity contribution in [1.82, 2.24) is 4.98 Å². The predicted molar refractivity (Wildman–Crippen MR) is 58.7 cm³/mol. The lowest BCUT2D eigenvalue weighted by molar-refractivity contribution is -0.117. The van der Waals surface area contributed by atoms with E-state index < -0.39 is 5.82 Å². The van der Waals surface area contributed by atoms with E-state index in [1.165, 1.54) is 23.2 Å². The molecule has 0 N–H and O–H groups in total. The van der Waals surface area contributed by atoms with Crippen LogP contribution in [0, 0.1) is 11.7 Å². The molecule has 1 aliphatic heterocycles. The van der Waals surface area contributed by atoms with E-state index in [4.69, 9.17) is 5.53 Å². The quantitative estimate of drug-likeness (QED) is 0.455. The van der Waals surface area contributed by atoms with Crippen LogP contribution in [-0.4, -0.2) is 24.0 Å². The summed E-state index contributed by atoms with van der Waals surface area (Å²) < 4.78 is 13.0. The first kappa shape index (κ1) is 11.3.